The van der Waals surface area contributed by atoms with Gasteiger partial charge in [0.05, 0.1) is 12.3 Å². The fourth-order valence-electron chi connectivity index (χ4n) is 1.82. The van der Waals surface area contributed by atoms with Crippen LogP contribution in [0.25, 0.3) is 0 Å². The Bertz CT molecular complexity index is 388. The fourth-order valence-corrected chi connectivity index (χ4v) is 1.82. The van der Waals surface area contributed by atoms with E-state index < -0.39 is 29.3 Å². The molecular weight excluding hydrogens is 256 g/mol. The highest BCUT2D eigenvalue weighted by atomic mass is 19.3. The maximum atomic E-state index is 14.1. The molecule has 1 unspecified atom stereocenters. The molecule has 0 saturated carbocycles. The molecule has 1 atom stereocenters. The van der Waals surface area contributed by atoms with Gasteiger partial charge in [0, 0.05) is 18.3 Å². The predicted molar refractivity (Wildman–Crippen MR) is 67.2 cm³/mol. The number of oxime groups is 1. The van der Waals surface area contributed by atoms with Crippen molar-refractivity contribution in [2.75, 3.05) is 6.61 Å². The van der Waals surface area contributed by atoms with E-state index in [0.29, 0.717) is 5.71 Å². The molecule has 0 saturated heterocycles. The zero-order chi connectivity index (χ0) is 14.9. The third kappa shape index (κ3) is 2.72. The number of nitrogens with zero attached hydrogens (tertiary/aromatic N) is 1. The van der Waals surface area contributed by atoms with E-state index in [-0.39, 0.29) is 13.0 Å². The van der Waals surface area contributed by atoms with Crippen molar-refractivity contribution in [3.63, 3.8) is 0 Å². The van der Waals surface area contributed by atoms with Crippen molar-refractivity contribution in [3.05, 3.63) is 0 Å². The topological polar surface area (TPSA) is 47.9 Å². The van der Waals surface area contributed by atoms with Crippen molar-refractivity contribution in [2.24, 2.45) is 10.6 Å². The van der Waals surface area contributed by atoms with E-state index in [0.717, 1.165) is 0 Å². The summed E-state index contributed by atoms with van der Waals surface area (Å²) in [7, 11) is 0. The van der Waals surface area contributed by atoms with Crippen LogP contribution in [0.2, 0.25) is 0 Å². The first kappa shape index (κ1) is 15.9. The van der Waals surface area contributed by atoms with Gasteiger partial charge in [0.15, 0.2) is 0 Å². The van der Waals surface area contributed by atoms with E-state index >= 15 is 0 Å². The van der Waals surface area contributed by atoms with Crippen LogP contribution in [0.15, 0.2) is 5.16 Å². The molecule has 0 aliphatic carbocycles. The number of halogens is 2. The van der Waals surface area contributed by atoms with Gasteiger partial charge in [-0.05, 0) is 6.92 Å². The summed E-state index contributed by atoms with van der Waals surface area (Å²) in [6.07, 6.45) is -0.755. The molecule has 0 amide bonds. The van der Waals surface area contributed by atoms with E-state index in [1.165, 1.54) is 6.92 Å². The molecule has 0 aromatic heterocycles. The third-order valence-corrected chi connectivity index (χ3v) is 3.23. The zero-order valence-electron chi connectivity index (χ0n) is 12.0. The smallest absolute Gasteiger partial charge is 0.360 e. The highest BCUT2D eigenvalue weighted by Crippen LogP contribution is 2.44. The molecule has 0 bridgehead atoms. The van der Waals surface area contributed by atoms with Gasteiger partial charge in [-0.1, -0.05) is 32.9 Å². The minimum Gasteiger partial charge on any atom is -0.463 e. The van der Waals surface area contributed by atoms with E-state index in [1.54, 1.807) is 6.92 Å². The number of hydrogen-bond donors (Lipinski definition) is 0. The lowest BCUT2D eigenvalue weighted by Gasteiger charge is -2.32. The quantitative estimate of drug-likeness (QED) is 0.742. The Hall–Kier alpha value is -1.20. The van der Waals surface area contributed by atoms with Crippen LogP contribution in [-0.2, 0) is 14.4 Å². The summed E-state index contributed by atoms with van der Waals surface area (Å²) in [6.45, 7) is 8.39. The van der Waals surface area contributed by atoms with Crippen LogP contribution in [0.4, 0.5) is 8.78 Å². The molecule has 0 radical (unpaired) electrons. The maximum absolute atomic E-state index is 14.1. The number of alkyl halides is 2. The molecule has 1 aliphatic heterocycles. The van der Waals surface area contributed by atoms with Gasteiger partial charge in [-0.15, -0.1) is 0 Å². The summed E-state index contributed by atoms with van der Waals surface area (Å²) in [5.41, 5.74) is -2.31. The third-order valence-electron chi connectivity index (χ3n) is 3.23. The Labute approximate surface area is 112 Å². The molecule has 19 heavy (non-hydrogen) atoms. The van der Waals surface area contributed by atoms with Gasteiger partial charge in [0.2, 0.25) is 0 Å². The molecule has 0 aromatic carbocycles. The average molecular weight is 277 g/mol. The van der Waals surface area contributed by atoms with Gasteiger partial charge in [-0.3, -0.25) is 0 Å². The standard InChI is InChI=1S/C13H21F2NO3/c1-6-13(14,15)12(10(17)18-7-2)8-9(16-19-12)11(3,4)5/h6-8H2,1-5H3. The second kappa shape index (κ2) is 5.06. The number of esters is 1. The molecule has 1 rings (SSSR count). The Morgan fingerprint density at radius 2 is 2.00 bits per heavy atom. The SMILES string of the molecule is CCOC(=O)C1(C(F)(F)CC)CC(C(C)(C)C)=NO1. The first-order chi connectivity index (χ1) is 8.60. The molecule has 4 nitrogen and oxygen atoms in total. The largest absolute Gasteiger partial charge is 0.463 e. The highest BCUT2D eigenvalue weighted by molar-refractivity contribution is 5.97. The molecule has 0 aromatic rings. The average Bonchev–Trinajstić information content (AvgIpc) is 2.75. The van der Waals surface area contributed by atoms with Gasteiger partial charge in [-0.25, -0.2) is 13.6 Å². The van der Waals surface area contributed by atoms with Gasteiger partial charge in [0.25, 0.3) is 0 Å². The first-order valence-electron chi connectivity index (χ1n) is 6.41. The molecule has 0 spiro atoms. The van der Waals surface area contributed by atoms with Crippen molar-refractivity contribution in [3.8, 4) is 0 Å². The van der Waals surface area contributed by atoms with Crippen LogP contribution in [0.1, 0.15) is 47.5 Å². The van der Waals surface area contributed by atoms with Crippen LogP contribution in [0, 0.1) is 5.41 Å². The Morgan fingerprint density at radius 3 is 2.37 bits per heavy atom. The summed E-state index contributed by atoms with van der Waals surface area (Å²) < 4.78 is 33.1. The van der Waals surface area contributed by atoms with Crippen molar-refractivity contribution >= 4 is 11.7 Å². The number of carbonyl (C=O) groups is 1. The van der Waals surface area contributed by atoms with Crippen molar-refractivity contribution < 1.29 is 23.1 Å². The van der Waals surface area contributed by atoms with Crippen LogP contribution in [0.3, 0.4) is 0 Å². The van der Waals surface area contributed by atoms with Gasteiger partial charge < -0.3 is 9.57 Å². The zero-order valence-corrected chi connectivity index (χ0v) is 12.0. The monoisotopic (exact) mass is 277 g/mol. The second-order valence-corrected chi connectivity index (χ2v) is 5.66. The minimum absolute atomic E-state index is 0.0224. The molecule has 0 N–H and O–H groups in total. The lowest BCUT2D eigenvalue weighted by molar-refractivity contribution is -0.220. The van der Waals surface area contributed by atoms with Gasteiger partial charge >= 0.3 is 17.5 Å². The van der Waals surface area contributed by atoms with Crippen LogP contribution in [-0.4, -0.2) is 29.8 Å². The maximum Gasteiger partial charge on any atom is 0.360 e. The number of hydrogen-bond acceptors (Lipinski definition) is 4. The fraction of sp³-hybridized carbons (Fsp3) is 0.846. The van der Waals surface area contributed by atoms with Crippen molar-refractivity contribution in [2.45, 2.75) is 59.0 Å². The van der Waals surface area contributed by atoms with E-state index in [1.807, 2.05) is 20.8 Å². The normalized spacial score (nSPS) is 23.8. The van der Waals surface area contributed by atoms with E-state index in [4.69, 9.17) is 9.57 Å². The summed E-state index contributed by atoms with van der Waals surface area (Å²) in [5, 5.41) is 3.71. The minimum atomic E-state index is -3.32. The summed E-state index contributed by atoms with van der Waals surface area (Å²) in [5.74, 6) is -4.37. The number of ether oxygens (including phenoxy) is 1. The molecule has 0 fully saturated rings. The highest BCUT2D eigenvalue weighted by Gasteiger charge is 2.65. The van der Waals surface area contributed by atoms with Gasteiger partial charge in [-0.2, -0.15) is 0 Å². The lowest BCUT2D eigenvalue weighted by Crippen LogP contribution is -2.55. The molecular formula is C13H21F2NO3. The van der Waals surface area contributed by atoms with E-state index in [2.05, 4.69) is 5.16 Å². The van der Waals surface area contributed by atoms with E-state index in [9.17, 15) is 13.6 Å². The molecule has 110 valence electrons. The summed E-state index contributed by atoms with van der Waals surface area (Å²) in [4.78, 5) is 16.9. The van der Waals surface area contributed by atoms with Crippen LogP contribution < -0.4 is 0 Å². The van der Waals surface area contributed by atoms with Crippen LogP contribution in [0.5, 0.6) is 0 Å². The second-order valence-electron chi connectivity index (χ2n) is 5.66. The van der Waals surface area contributed by atoms with Crippen LogP contribution >= 0.6 is 0 Å². The Morgan fingerprint density at radius 1 is 1.42 bits per heavy atom. The number of rotatable bonds is 4. The summed E-state index contributed by atoms with van der Waals surface area (Å²) >= 11 is 0. The first-order valence-corrected chi connectivity index (χ1v) is 6.41. The summed E-state index contributed by atoms with van der Waals surface area (Å²) in [6, 6.07) is 0. The number of carbonyl (C=O) groups excluding carboxylic acids is 1. The Balaban J connectivity index is 3.11. The lowest BCUT2D eigenvalue weighted by atomic mass is 9.80. The molecule has 6 heteroatoms. The van der Waals surface area contributed by atoms with Crippen molar-refractivity contribution in [1.29, 1.82) is 0 Å². The Kier molecular flexibility index (Phi) is 4.22. The van der Waals surface area contributed by atoms with Crippen molar-refractivity contribution in [1.82, 2.24) is 0 Å². The molecule has 1 aliphatic rings. The predicted octanol–water partition coefficient (Wildman–Crippen LogP) is 3.16. The molecule has 1 heterocycles. The van der Waals surface area contributed by atoms with Gasteiger partial charge in [0.1, 0.15) is 0 Å².